The number of carbonyl (C=O) groups is 2. The van der Waals surface area contributed by atoms with Gasteiger partial charge in [-0.1, -0.05) is 6.07 Å². The molecule has 1 fully saturated rings. The summed E-state index contributed by atoms with van der Waals surface area (Å²) in [5, 5.41) is 0. The summed E-state index contributed by atoms with van der Waals surface area (Å²) in [7, 11) is -3.03. The monoisotopic (exact) mass is 433 g/mol. The minimum Gasteiger partial charge on any atom is -0.482 e. The summed E-state index contributed by atoms with van der Waals surface area (Å²) in [5.74, 6) is -0.128. The first-order valence-electron chi connectivity index (χ1n) is 9.84. The van der Waals surface area contributed by atoms with E-state index in [-0.39, 0.29) is 36.5 Å². The number of benzene rings is 1. The lowest BCUT2D eigenvalue weighted by Crippen LogP contribution is -2.20. The SMILES string of the molecule is Cc1cc(C)cc(OCC(=O)OCC(=O)c2cc(C)n(C3CCS(=O)(=O)C3)c2C)c1. The Morgan fingerprint density at radius 2 is 1.70 bits per heavy atom. The van der Waals surface area contributed by atoms with Gasteiger partial charge in [-0.25, -0.2) is 13.2 Å². The Hall–Kier alpha value is -2.61. The zero-order valence-corrected chi connectivity index (χ0v) is 18.5. The van der Waals surface area contributed by atoms with E-state index in [1.165, 1.54) is 0 Å². The lowest BCUT2D eigenvalue weighted by molar-refractivity contribution is -0.144. The van der Waals surface area contributed by atoms with Crippen LogP contribution in [0.4, 0.5) is 0 Å². The molecule has 1 aromatic carbocycles. The van der Waals surface area contributed by atoms with Crippen LogP contribution in [0.25, 0.3) is 0 Å². The zero-order chi connectivity index (χ0) is 22.1. The molecule has 0 radical (unpaired) electrons. The first-order valence-corrected chi connectivity index (χ1v) is 11.7. The summed E-state index contributed by atoms with van der Waals surface area (Å²) < 4.78 is 36.1. The molecule has 2 aromatic rings. The molecule has 0 saturated carbocycles. The molecule has 8 heteroatoms. The minimum atomic E-state index is -3.03. The molecule has 1 saturated heterocycles. The molecular weight excluding hydrogens is 406 g/mol. The van der Waals surface area contributed by atoms with E-state index >= 15 is 0 Å². The van der Waals surface area contributed by atoms with Gasteiger partial charge < -0.3 is 14.0 Å². The molecule has 1 aliphatic rings. The van der Waals surface area contributed by atoms with E-state index in [9.17, 15) is 18.0 Å². The second kappa shape index (κ2) is 8.63. The average Bonchev–Trinajstić information content (AvgIpc) is 3.15. The van der Waals surface area contributed by atoms with Crippen LogP contribution in [-0.2, 0) is 19.4 Å². The van der Waals surface area contributed by atoms with Gasteiger partial charge in [-0.2, -0.15) is 0 Å². The molecule has 1 unspecified atom stereocenters. The predicted octanol–water partition coefficient (Wildman–Crippen LogP) is 2.89. The van der Waals surface area contributed by atoms with Crippen LogP contribution in [0, 0.1) is 27.7 Å². The van der Waals surface area contributed by atoms with Crippen molar-refractivity contribution in [3.8, 4) is 5.75 Å². The Balaban J connectivity index is 1.58. The Morgan fingerprint density at radius 3 is 2.30 bits per heavy atom. The number of esters is 1. The predicted molar refractivity (Wildman–Crippen MR) is 113 cm³/mol. The molecule has 0 amide bonds. The summed E-state index contributed by atoms with van der Waals surface area (Å²) in [6.45, 7) is 6.84. The lowest BCUT2D eigenvalue weighted by Gasteiger charge is -2.16. The summed E-state index contributed by atoms with van der Waals surface area (Å²) >= 11 is 0. The standard InChI is InChI=1S/C22H27NO6S/c1-14-7-15(2)9-19(8-14)28-12-22(25)29-11-21(24)20-10-16(3)23(17(20)4)18-5-6-30(26,27)13-18/h7-10,18H,5-6,11-13H2,1-4H3. The molecular formula is C22H27NO6S. The maximum Gasteiger partial charge on any atom is 0.344 e. The van der Waals surface area contributed by atoms with Crippen molar-refractivity contribution in [2.75, 3.05) is 24.7 Å². The topological polar surface area (TPSA) is 91.7 Å². The van der Waals surface area contributed by atoms with Gasteiger partial charge in [0, 0.05) is 23.0 Å². The van der Waals surface area contributed by atoms with Crippen molar-refractivity contribution in [2.45, 2.75) is 40.2 Å². The molecule has 0 bridgehead atoms. The van der Waals surface area contributed by atoms with Crippen LogP contribution in [0.1, 0.15) is 45.3 Å². The van der Waals surface area contributed by atoms with Gasteiger partial charge in [0.2, 0.25) is 5.78 Å². The second-order valence-corrected chi connectivity index (χ2v) is 10.1. The molecule has 0 spiro atoms. The number of aromatic nitrogens is 1. The van der Waals surface area contributed by atoms with Crippen molar-refractivity contribution in [1.29, 1.82) is 0 Å². The van der Waals surface area contributed by atoms with Gasteiger partial charge in [0.05, 0.1) is 11.5 Å². The first kappa shape index (κ1) is 22.1. The van der Waals surface area contributed by atoms with E-state index in [0.29, 0.717) is 23.4 Å². The van der Waals surface area contributed by atoms with Crippen molar-refractivity contribution in [3.63, 3.8) is 0 Å². The number of hydrogen-bond acceptors (Lipinski definition) is 6. The summed E-state index contributed by atoms with van der Waals surface area (Å²) in [6, 6.07) is 7.21. The number of hydrogen-bond donors (Lipinski definition) is 0. The smallest absolute Gasteiger partial charge is 0.344 e. The number of sulfone groups is 1. The largest absolute Gasteiger partial charge is 0.482 e. The number of nitrogens with zero attached hydrogens (tertiary/aromatic N) is 1. The van der Waals surface area contributed by atoms with Crippen LogP contribution in [0.5, 0.6) is 5.75 Å². The normalized spacial score (nSPS) is 17.7. The van der Waals surface area contributed by atoms with Crippen LogP contribution >= 0.6 is 0 Å². The van der Waals surface area contributed by atoms with Gasteiger partial charge >= 0.3 is 5.97 Å². The van der Waals surface area contributed by atoms with Crippen molar-refractivity contribution in [1.82, 2.24) is 4.57 Å². The van der Waals surface area contributed by atoms with Crippen LogP contribution in [0.2, 0.25) is 0 Å². The third kappa shape index (κ3) is 5.11. The summed E-state index contributed by atoms with van der Waals surface area (Å²) in [6.07, 6.45) is 0.539. The fraction of sp³-hybridized carbons (Fsp3) is 0.455. The van der Waals surface area contributed by atoms with E-state index in [2.05, 4.69) is 0 Å². The molecule has 1 aromatic heterocycles. The Labute approximate surface area is 176 Å². The summed E-state index contributed by atoms with van der Waals surface area (Å²) in [4.78, 5) is 24.6. The van der Waals surface area contributed by atoms with Gasteiger partial charge in [0.15, 0.2) is 23.1 Å². The third-order valence-corrected chi connectivity index (χ3v) is 7.02. The Kier molecular flexibility index (Phi) is 6.36. The molecule has 0 N–H and O–H groups in total. The van der Waals surface area contributed by atoms with E-state index in [1.54, 1.807) is 13.0 Å². The summed E-state index contributed by atoms with van der Waals surface area (Å²) in [5.41, 5.74) is 4.02. The van der Waals surface area contributed by atoms with Crippen LogP contribution in [-0.4, -0.2) is 49.5 Å². The van der Waals surface area contributed by atoms with E-state index in [4.69, 9.17) is 9.47 Å². The number of ether oxygens (including phenoxy) is 2. The van der Waals surface area contributed by atoms with Gasteiger partial charge in [-0.3, -0.25) is 4.79 Å². The van der Waals surface area contributed by atoms with Gasteiger partial charge in [0.1, 0.15) is 5.75 Å². The number of carbonyl (C=O) groups excluding carboxylic acids is 2. The number of ketones is 1. The van der Waals surface area contributed by atoms with E-state index in [1.807, 2.05) is 43.5 Å². The maximum absolute atomic E-state index is 12.6. The van der Waals surface area contributed by atoms with Crippen molar-refractivity contribution in [2.24, 2.45) is 0 Å². The highest BCUT2D eigenvalue weighted by molar-refractivity contribution is 7.91. The van der Waals surface area contributed by atoms with Crippen molar-refractivity contribution in [3.05, 3.63) is 52.3 Å². The number of aryl methyl sites for hydroxylation is 3. The van der Waals surface area contributed by atoms with Crippen LogP contribution in [0.15, 0.2) is 24.3 Å². The van der Waals surface area contributed by atoms with Gasteiger partial charge in [0.25, 0.3) is 0 Å². The molecule has 0 aliphatic carbocycles. The maximum atomic E-state index is 12.6. The Morgan fingerprint density at radius 1 is 1.03 bits per heavy atom. The van der Waals surface area contributed by atoms with Gasteiger partial charge in [-0.15, -0.1) is 0 Å². The average molecular weight is 434 g/mol. The molecule has 3 rings (SSSR count). The number of Topliss-reactive ketones (excluding diaryl/α,β-unsaturated/α-hetero) is 1. The highest BCUT2D eigenvalue weighted by atomic mass is 32.2. The number of rotatable bonds is 7. The van der Waals surface area contributed by atoms with Crippen molar-refractivity contribution < 1.29 is 27.5 Å². The zero-order valence-electron chi connectivity index (χ0n) is 17.7. The molecule has 30 heavy (non-hydrogen) atoms. The molecule has 162 valence electrons. The second-order valence-electron chi connectivity index (χ2n) is 7.91. The quantitative estimate of drug-likeness (QED) is 0.493. The molecule has 2 heterocycles. The fourth-order valence-electron chi connectivity index (χ4n) is 4.02. The van der Waals surface area contributed by atoms with Crippen LogP contribution in [0.3, 0.4) is 0 Å². The van der Waals surface area contributed by atoms with E-state index < -0.39 is 15.8 Å². The Bertz CT molecular complexity index is 1060. The highest BCUT2D eigenvalue weighted by Crippen LogP contribution is 2.29. The molecule has 1 aliphatic heterocycles. The first-order chi connectivity index (χ1) is 14.1. The van der Waals surface area contributed by atoms with Gasteiger partial charge in [-0.05, 0) is 63.4 Å². The van der Waals surface area contributed by atoms with E-state index in [0.717, 1.165) is 16.8 Å². The third-order valence-electron chi connectivity index (χ3n) is 5.27. The van der Waals surface area contributed by atoms with Crippen LogP contribution < -0.4 is 4.74 Å². The minimum absolute atomic E-state index is 0.0851. The van der Waals surface area contributed by atoms with Crippen molar-refractivity contribution >= 4 is 21.6 Å². The lowest BCUT2D eigenvalue weighted by atomic mass is 10.1. The molecule has 1 atom stereocenters. The fourth-order valence-corrected chi connectivity index (χ4v) is 5.72. The highest BCUT2D eigenvalue weighted by Gasteiger charge is 2.31. The molecule has 7 nitrogen and oxygen atoms in total.